The zero-order valence-corrected chi connectivity index (χ0v) is 23.0. The van der Waals surface area contributed by atoms with E-state index in [1.165, 1.54) is 24.1 Å². The number of hydrogen-bond acceptors (Lipinski definition) is 10. The second kappa shape index (κ2) is 10.6. The number of aliphatic hydroxyl groups excluding tert-OH is 1. The summed E-state index contributed by atoms with van der Waals surface area (Å²) in [7, 11) is 1.26. The number of methoxy groups -OCH3 is 1. The molecule has 40 heavy (non-hydrogen) atoms. The Balaban J connectivity index is 1.66. The number of amides is 1. The molecule has 10 nitrogen and oxygen atoms in total. The van der Waals surface area contributed by atoms with Gasteiger partial charge in [-0.3, -0.25) is 14.5 Å². The van der Waals surface area contributed by atoms with Crippen LogP contribution in [0.3, 0.4) is 0 Å². The third kappa shape index (κ3) is 4.62. The fourth-order valence-electron chi connectivity index (χ4n) is 4.86. The summed E-state index contributed by atoms with van der Waals surface area (Å²) in [6, 6.07) is 10.2. The van der Waals surface area contributed by atoms with E-state index in [4.69, 9.17) is 14.2 Å². The Bertz CT molecular complexity index is 1570. The molecule has 11 heteroatoms. The van der Waals surface area contributed by atoms with Crippen molar-refractivity contribution in [2.24, 2.45) is 0 Å². The topological polar surface area (TPSA) is 132 Å². The molecule has 1 aromatic heterocycles. The van der Waals surface area contributed by atoms with Crippen LogP contribution in [0.2, 0.25) is 0 Å². The number of aryl methyl sites for hydroxylation is 1. The van der Waals surface area contributed by atoms with Gasteiger partial charge >= 0.3 is 17.8 Å². The van der Waals surface area contributed by atoms with Gasteiger partial charge in [-0.2, -0.15) is 0 Å². The highest BCUT2D eigenvalue weighted by Gasteiger charge is 2.48. The van der Waals surface area contributed by atoms with Gasteiger partial charge in [0.1, 0.15) is 22.5 Å². The Kier molecular flexibility index (Phi) is 7.16. The van der Waals surface area contributed by atoms with E-state index in [0.717, 1.165) is 16.9 Å². The molecule has 2 aromatic carbocycles. The second-order valence-corrected chi connectivity index (χ2v) is 10.3. The summed E-state index contributed by atoms with van der Waals surface area (Å²) < 4.78 is 15.6. The van der Waals surface area contributed by atoms with E-state index in [-0.39, 0.29) is 39.6 Å². The largest absolute Gasteiger partial charge is 0.507 e. The van der Waals surface area contributed by atoms with Crippen LogP contribution in [0.25, 0.3) is 5.76 Å². The van der Waals surface area contributed by atoms with Gasteiger partial charge in [-0.05, 0) is 62.2 Å². The minimum atomic E-state index is -1.09. The van der Waals surface area contributed by atoms with Gasteiger partial charge < -0.3 is 19.3 Å². The zero-order valence-electron chi connectivity index (χ0n) is 22.2. The summed E-state index contributed by atoms with van der Waals surface area (Å²) in [5.74, 6) is -2.62. The Morgan fingerprint density at radius 2 is 1.82 bits per heavy atom. The average molecular weight is 563 g/mol. The van der Waals surface area contributed by atoms with Crippen molar-refractivity contribution in [3.63, 3.8) is 0 Å². The number of Topliss-reactive ketones (excluding diaryl/α,β-unsaturated/α-hetero) is 1. The quantitative estimate of drug-likeness (QED) is 0.201. The van der Waals surface area contributed by atoms with E-state index in [0.29, 0.717) is 29.0 Å². The third-order valence-electron chi connectivity index (χ3n) is 6.71. The number of nitrogens with zero attached hydrogens (tertiary/aromatic N) is 2. The fraction of sp³-hybridized carbons (Fsp3) is 0.276. The molecule has 1 N–H and O–H groups in total. The van der Waals surface area contributed by atoms with E-state index in [2.05, 4.69) is 4.98 Å². The molecule has 3 aromatic rings. The number of benzene rings is 2. The van der Waals surface area contributed by atoms with Gasteiger partial charge in [0.25, 0.3) is 5.78 Å². The van der Waals surface area contributed by atoms with Crippen LogP contribution in [0, 0.1) is 6.92 Å². The molecule has 0 aliphatic carbocycles. The van der Waals surface area contributed by atoms with E-state index < -0.39 is 29.7 Å². The molecule has 5 rings (SSSR count). The molecule has 2 aliphatic rings. The maximum Gasteiger partial charge on any atom is 0.350 e. The number of hydrogen-bond donors (Lipinski definition) is 1. The van der Waals surface area contributed by atoms with Gasteiger partial charge in [-0.25, -0.2) is 14.6 Å². The summed E-state index contributed by atoms with van der Waals surface area (Å²) >= 11 is 0.919. The lowest BCUT2D eigenvalue weighted by Gasteiger charge is -2.23. The molecule has 0 saturated carbocycles. The Hall–Kier alpha value is -4.51. The van der Waals surface area contributed by atoms with Gasteiger partial charge in [0.05, 0.1) is 36.6 Å². The Morgan fingerprint density at radius 1 is 1.12 bits per heavy atom. The van der Waals surface area contributed by atoms with E-state index in [9.17, 15) is 24.3 Å². The first-order chi connectivity index (χ1) is 19.1. The highest BCUT2D eigenvalue weighted by atomic mass is 32.1. The summed E-state index contributed by atoms with van der Waals surface area (Å²) in [4.78, 5) is 57.3. The molecule has 1 fully saturated rings. The van der Waals surface area contributed by atoms with Crippen molar-refractivity contribution in [3.8, 4) is 5.75 Å². The SMILES string of the molecule is CCOC(=O)c1sc(N2C(=O)C(=O)/C(=C(/O)c3ccc4c(c3)CC(C)O4)C2c2ccc(C(=O)OC)cc2)nc1C. The number of ether oxygens (including phenoxy) is 3. The van der Waals surface area contributed by atoms with Crippen LogP contribution < -0.4 is 9.64 Å². The minimum Gasteiger partial charge on any atom is -0.507 e. The summed E-state index contributed by atoms with van der Waals surface area (Å²) in [6.45, 7) is 5.38. The van der Waals surface area contributed by atoms with E-state index in [1.807, 2.05) is 6.92 Å². The van der Waals surface area contributed by atoms with Crippen molar-refractivity contribution in [3.05, 3.63) is 80.9 Å². The van der Waals surface area contributed by atoms with Crippen molar-refractivity contribution < 1.29 is 38.5 Å². The van der Waals surface area contributed by atoms with Gasteiger partial charge in [-0.1, -0.05) is 23.5 Å². The predicted octanol–water partition coefficient (Wildman–Crippen LogP) is 4.36. The van der Waals surface area contributed by atoms with Crippen molar-refractivity contribution in [2.75, 3.05) is 18.6 Å². The van der Waals surface area contributed by atoms with Crippen LogP contribution in [0.5, 0.6) is 5.75 Å². The molecule has 0 radical (unpaired) electrons. The third-order valence-corrected chi connectivity index (χ3v) is 7.85. The highest BCUT2D eigenvalue weighted by molar-refractivity contribution is 7.17. The standard InChI is InChI=1S/C29H26N2O8S/c1-5-38-28(36)25-15(3)30-29(40-25)31-22(16-6-8-17(9-7-16)27(35)37-4)21(24(33)26(31)34)23(32)18-10-11-20-19(13-18)12-14(2)39-20/h6-11,13-14,22,32H,5,12H2,1-4H3/b23-21+. The maximum absolute atomic E-state index is 13.5. The molecule has 1 amide bonds. The van der Waals surface area contributed by atoms with Crippen molar-refractivity contribution in [1.82, 2.24) is 4.98 Å². The van der Waals surface area contributed by atoms with Crippen molar-refractivity contribution in [1.29, 1.82) is 0 Å². The van der Waals surface area contributed by atoms with Gasteiger partial charge in [0.15, 0.2) is 5.13 Å². The number of aromatic nitrogens is 1. The van der Waals surface area contributed by atoms with Crippen molar-refractivity contribution in [2.45, 2.75) is 39.3 Å². The normalized spacial score (nSPS) is 19.4. The maximum atomic E-state index is 13.5. The molecule has 2 aliphatic heterocycles. The van der Waals surface area contributed by atoms with Crippen LogP contribution in [-0.4, -0.2) is 53.5 Å². The molecular formula is C29H26N2O8S. The number of aliphatic hydroxyl groups is 1. The van der Waals surface area contributed by atoms with Crippen LogP contribution in [-0.2, 0) is 25.5 Å². The van der Waals surface area contributed by atoms with Crippen LogP contribution in [0.4, 0.5) is 5.13 Å². The molecular weight excluding hydrogens is 536 g/mol. The van der Waals surface area contributed by atoms with E-state index >= 15 is 0 Å². The number of anilines is 1. The Morgan fingerprint density at radius 3 is 2.50 bits per heavy atom. The van der Waals surface area contributed by atoms with Crippen molar-refractivity contribution >= 4 is 45.9 Å². The van der Waals surface area contributed by atoms with Crippen LogP contribution >= 0.6 is 11.3 Å². The van der Waals surface area contributed by atoms with Gasteiger partial charge in [0.2, 0.25) is 0 Å². The molecule has 0 spiro atoms. The molecule has 206 valence electrons. The molecule has 2 unspecified atom stereocenters. The molecule has 2 atom stereocenters. The first-order valence-corrected chi connectivity index (χ1v) is 13.4. The minimum absolute atomic E-state index is 0.0203. The van der Waals surface area contributed by atoms with Gasteiger partial charge in [-0.15, -0.1) is 0 Å². The molecule has 1 saturated heterocycles. The number of ketones is 1. The highest BCUT2D eigenvalue weighted by Crippen LogP contribution is 2.44. The summed E-state index contributed by atoms with van der Waals surface area (Å²) in [5.41, 5.74) is 2.14. The summed E-state index contributed by atoms with van der Waals surface area (Å²) in [5, 5.41) is 11.6. The lowest BCUT2D eigenvalue weighted by Crippen LogP contribution is -2.29. The van der Waals surface area contributed by atoms with Crippen LogP contribution in [0.15, 0.2) is 48.0 Å². The monoisotopic (exact) mass is 562 g/mol. The first kappa shape index (κ1) is 27.1. The fourth-order valence-corrected chi connectivity index (χ4v) is 5.85. The number of fused-ring (bicyclic) bond motifs is 1. The first-order valence-electron chi connectivity index (χ1n) is 12.6. The smallest absolute Gasteiger partial charge is 0.350 e. The molecule has 0 bridgehead atoms. The zero-order chi connectivity index (χ0) is 28.7. The lowest BCUT2D eigenvalue weighted by molar-refractivity contribution is -0.132. The number of carbonyl (C=O) groups excluding carboxylic acids is 4. The Labute approximate surface area is 233 Å². The number of thiazole rings is 1. The number of esters is 2. The number of carbonyl (C=O) groups is 4. The second-order valence-electron chi connectivity index (χ2n) is 9.37. The van der Waals surface area contributed by atoms with Crippen LogP contribution in [0.1, 0.15) is 62.3 Å². The average Bonchev–Trinajstić information content (AvgIpc) is 3.59. The van der Waals surface area contributed by atoms with Gasteiger partial charge in [0, 0.05) is 12.0 Å². The van der Waals surface area contributed by atoms with E-state index in [1.54, 1.807) is 44.2 Å². The molecule has 3 heterocycles. The number of rotatable bonds is 6. The summed E-state index contributed by atoms with van der Waals surface area (Å²) in [6.07, 6.45) is 0.617. The predicted molar refractivity (Wildman–Crippen MR) is 146 cm³/mol. The lowest BCUT2D eigenvalue weighted by atomic mass is 9.94.